The van der Waals surface area contributed by atoms with Gasteiger partial charge in [0.2, 0.25) is 0 Å². The van der Waals surface area contributed by atoms with Gasteiger partial charge in [-0.15, -0.1) is 0 Å². The fourth-order valence-electron chi connectivity index (χ4n) is 2.30. The van der Waals surface area contributed by atoms with Crippen molar-refractivity contribution >= 4 is 41.6 Å². The Labute approximate surface area is 137 Å². The minimum absolute atomic E-state index is 0.0870. The Bertz CT molecular complexity index is 696. The second kappa shape index (κ2) is 5.56. The molecule has 1 fully saturated rings. The van der Waals surface area contributed by atoms with Crippen molar-refractivity contribution < 1.29 is 13.2 Å². The third kappa shape index (κ3) is 3.79. The molecule has 4 nitrogen and oxygen atoms in total. The molecule has 0 heterocycles. The molecule has 0 atom stereocenters. The Balaban J connectivity index is 2.38. The molecule has 116 valence electrons. The van der Waals surface area contributed by atoms with Crippen LogP contribution in [0.15, 0.2) is 21.5 Å². The van der Waals surface area contributed by atoms with Gasteiger partial charge in [0.05, 0.1) is 4.90 Å². The minimum Gasteiger partial charge on any atom is -0.347 e. The number of amides is 1. The summed E-state index contributed by atoms with van der Waals surface area (Å²) >= 11 is 3.28. The van der Waals surface area contributed by atoms with Gasteiger partial charge >= 0.3 is 0 Å². The molecule has 0 saturated heterocycles. The Kier molecular flexibility index (Phi) is 4.44. The third-order valence-electron chi connectivity index (χ3n) is 3.88. The summed E-state index contributed by atoms with van der Waals surface area (Å²) in [7, 11) is 1.49. The highest BCUT2D eigenvalue weighted by molar-refractivity contribution is 9.10. The molecule has 1 saturated carbocycles. The SMILES string of the molecule is Cc1c(Br)cc(S(=O)(=O)Cl)cc1C(=O)NC(C)(C)C1CC1. The van der Waals surface area contributed by atoms with E-state index in [1.807, 2.05) is 13.8 Å². The van der Waals surface area contributed by atoms with Crippen LogP contribution in [0.3, 0.4) is 0 Å². The lowest BCUT2D eigenvalue weighted by Crippen LogP contribution is -2.45. The molecule has 1 aromatic rings. The molecule has 0 radical (unpaired) electrons. The van der Waals surface area contributed by atoms with E-state index in [-0.39, 0.29) is 16.3 Å². The molecule has 2 rings (SSSR count). The van der Waals surface area contributed by atoms with E-state index in [0.29, 0.717) is 21.5 Å². The van der Waals surface area contributed by atoms with E-state index < -0.39 is 9.05 Å². The molecule has 1 aliphatic rings. The van der Waals surface area contributed by atoms with Crippen molar-refractivity contribution in [1.82, 2.24) is 5.32 Å². The van der Waals surface area contributed by atoms with Gasteiger partial charge in [0.25, 0.3) is 15.0 Å². The summed E-state index contributed by atoms with van der Waals surface area (Å²) in [6, 6.07) is 2.72. The molecular formula is C14H17BrClNO3S. The number of hydrogen-bond donors (Lipinski definition) is 1. The van der Waals surface area contributed by atoms with E-state index in [1.165, 1.54) is 12.1 Å². The zero-order chi connectivity index (χ0) is 16.0. The summed E-state index contributed by atoms with van der Waals surface area (Å²) in [5, 5.41) is 2.98. The van der Waals surface area contributed by atoms with E-state index in [2.05, 4.69) is 21.2 Å². The first-order valence-corrected chi connectivity index (χ1v) is 9.70. The smallest absolute Gasteiger partial charge is 0.261 e. The standard InChI is InChI=1S/C14H17BrClNO3S/c1-8-11(6-10(7-12(8)15)21(16,19)20)13(18)17-14(2,3)9-4-5-9/h6-7,9H,4-5H2,1-3H3,(H,17,18). The molecule has 1 amide bonds. The maximum atomic E-state index is 12.5. The summed E-state index contributed by atoms with van der Waals surface area (Å²) in [6.45, 7) is 5.72. The predicted molar refractivity (Wildman–Crippen MR) is 86.2 cm³/mol. The molecule has 0 spiro atoms. The topological polar surface area (TPSA) is 63.2 Å². The molecule has 1 N–H and O–H groups in total. The summed E-state index contributed by atoms with van der Waals surface area (Å²) in [5.74, 6) is 0.192. The van der Waals surface area contributed by atoms with Gasteiger partial charge in [0.15, 0.2) is 0 Å². The van der Waals surface area contributed by atoms with Crippen molar-refractivity contribution in [2.24, 2.45) is 5.92 Å². The lowest BCUT2D eigenvalue weighted by molar-refractivity contribution is 0.0902. The maximum Gasteiger partial charge on any atom is 0.261 e. The van der Waals surface area contributed by atoms with Gasteiger partial charge in [0, 0.05) is 26.3 Å². The normalized spacial score (nSPS) is 15.9. The average molecular weight is 395 g/mol. The van der Waals surface area contributed by atoms with E-state index >= 15 is 0 Å². The van der Waals surface area contributed by atoms with Gasteiger partial charge in [-0.25, -0.2) is 8.42 Å². The Morgan fingerprint density at radius 1 is 1.38 bits per heavy atom. The highest BCUT2D eigenvalue weighted by Crippen LogP contribution is 2.39. The molecular weight excluding hydrogens is 378 g/mol. The Morgan fingerprint density at radius 3 is 2.43 bits per heavy atom. The van der Waals surface area contributed by atoms with Crippen molar-refractivity contribution in [2.45, 2.75) is 44.0 Å². The van der Waals surface area contributed by atoms with Crippen molar-refractivity contribution in [3.63, 3.8) is 0 Å². The number of hydrogen-bond acceptors (Lipinski definition) is 3. The highest BCUT2D eigenvalue weighted by Gasteiger charge is 2.39. The first-order chi connectivity index (χ1) is 9.52. The summed E-state index contributed by atoms with van der Waals surface area (Å²) in [6.07, 6.45) is 2.21. The van der Waals surface area contributed by atoms with Crippen molar-refractivity contribution in [3.8, 4) is 0 Å². The first kappa shape index (κ1) is 16.8. The Hall–Kier alpha value is -0.590. The number of nitrogens with one attached hydrogen (secondary N) is 1. The van der Waals surface area contributed by atoms with Crippen molar-refractivity contribution in [2.75, 3.05) is 0 Å². The van der Waals surface area contributed by atoms with Gasteiger partial charge in [-0.1, -0.05) is 15.9 Å². The molecule has 0 aliphatic heterocycles. The van der Waals surface area contributed by atoms with Crippen LogP contribution in [-0.4, -0.2) is 19.9 Å². The zero-order valence-electron chi connectivity index (χ0n) is 12.0. The second-order valence-corrected chi connectivity index (χ2v) is 9.39. The lowest BCUT2D eigenvalue weighted by Gasteiger charge is -2.26. The monoisotopic (exact) mass is 393 g/mol. The molecule has 7 heteroatoms. The van der Waals surface area contributed by atoms with Gasteiger partial charge in [0.1, 0.15) is 0 Å². The zero-order valence-corrected chi connectivity index (χ0v) is 15.2. The number of rotatable bonds is 4. The van der Waals surface area contributed by atoms with Crippen LogP contribution in [0.5, 0.6) is 0 Å². The second-order valence-electron chi connectivity index (χ2n) is 5.97. The summed E-state index contributed by atoms with van der Waals surface area (Å²) in [4.78, 5) is 12.4. The highest BCUT2D eigenvalue weighted by atomic mass is 79.9. The number of carbonyl (C=O) groups is 1. The average Bonchev–Trinajstić information content (AvgIpc) is 3.14. The van der Waals surface area contributed by atoms with Crippen LogP contribution in [0.2, 0.25) is 0 Å². The molecule has 1 aromatic carbocycles. The Morgan fingerprint density at radius 2 is 1.95 bits per heavy atom. The molecule has 21 heavy (non-hydrogen) atoms. The molecule has 0 aromatic heterocycles. The van der Waals surface area contributed by atoms with E-state index in [1.54, 1.807) is 6.92 Å². The van der Waals surface area contributed by atoms with Crippen LogP contribution in [0, 0.1) is 12.8 Å². The fraction of sp³-hybridized carbons (Fsp3) is 0.500. The van der Waals surface area contributed by atoms with Crippen LogP contribution >= 0.6 is 26.6 Å². The van der Waals surface area contributed by atoms with Gasteiger partial charge in [-0.2, -0.15) is 0 Å². The van der Waals surface area contributed by atoms with Crippen LogP contribution in [0.4, 0.5) is 0 Å². The van der Waals surface area contributed by atoms with Crippen LogP contribution in [0.25, 0.3) is 0 Å². The largest absolute Gasteiger partial charge is 0.347 e. The van der Waals surface area contributed by atoms with Crippen molar-refractivity contribution in [3.05, 3.63) is 27.7 Å². The summed E-state index contributed by atoms with van der Waals surface area (Å²) < 4.78 is 23.5. The number of carbonyl (C=O) groups excluding carboxylic acids is 1. The maximum absolute atomic E-state index is 12.5. The van der Waals surface area contributed by atoms with Gasteiger partial charge in [-0.3, -0.25) is 4.79 Å². The number of halogens is 2. The third-order valence-corrected chi connectivity index (χ3v) is 6.03. The number of benzene rings is 1. The predicted octanol–water partition coefficient (Wildman–Crippen LogP) is 3.60. The molecule has 1 aliphatic carbocycles. The quantitative estimate of drug-likeness (QED) is 0.794. The molecule has 0 bridgehead atoms. The van der Waals surface area contributed by atoms with E-state index in [4.69, 9.17) is 10.7 Å². The minimum atomic E-state index is -3.88. The van der Waals surface area contributed by atoms with E-state index in [0.717, 1.165) is 12.8 Å². The van der Waals surface area contributed by atoms with Crippen LogP contribution < -0.4 is 5.32 Å². The first-order valence-electron chi connectivity index (χ1n) is 6.59. The fourth-order valence-corrected chi connectivity index (χ4v) is 3.69. The van der Waals surface area contributed by atoms with Gasteiger partial charge in [-0.05, 0) is 57.2 Å². The van der Waals surface area contributed by atoms with Crippen LogP contribution in [-0.2, 0) is 9.05 Å². The summed E-state index contributed by atoms with van der Waals surface area (Å²) in [5.41, 5.74) is 0.701. The van der Waals surface area contributed by atoms with E-state index in [9.17, 15) is 13.2 Å². The molecule has 0 unspecified atom stereocenters. The lowest BCUT2D eigenvalue weighted by atomic mass is 9.97. The van der Waals surface area contributed by atoms with Crippen molar-refractivity contribution in [1.29, 1.82) is 0 Å². The van der Waals surface area contributed by atoms with Gasteiger partial charge < -0.3 is 5.32 Å². The van der Waals surface area contributed by atoms with Crippen LogP contribution in [0.1, 0.15) is 42.6 Å².